The number of hydrogen-bond acceptors (Lipinski definition) is 4. The second kappa shape index (κ2) is 8.56. The number of fused-ring (bicyclic) bond motifs is 1. The van der Waals surface area contributed by atoms with E-state index >= 15 is 0 Å². The Labute approximate surface area is 190 Å². The third-order valence-electron chi connectivity index (χ3n) is 4.51. The fraction of sp³-hybridized carbons (Fsp3) is 0.0952. The van der Waals surface area contributed by atoms with E-state index in [-0.39, 0.29) is 33.6 Å². The summed E-state index contributed by atoms with van der Waals surface area (Å²) in [5.74, 6) is -0.944. The van der Waals surface area contributed by atoms with Crippen LogP contribution < -0.4 is 14.8 Å². The van der Waals surface area contributed by atoms with Gasteiger partial charge < -0.3 is 10.1 Å². The lowest BCUT2D eigenvalue weighted by Crippen LogP contribution is -2.40. The number of alkyl halides is 3. The largest absolute Gasteiger partial charge is 0.454 e. The van der Waals surface area contributed by atoms with Crippen LogP contribution in [-0.2, 0) is 22.7 Å². The van der Waals surface area contributed by atoms with Crippen LogP contribution in [0.4, 0.5) is 23.2 Å². The molecule has 1 aliphatic rings. The van der Waals surface area contributed by atoms with E-state index in [9.17, 15) is 26.0 Å². The number of ether oxygens (including phenoxy) is 1. The number of hydrogen-bond donors (Lipinski definition) is 2. The first-order valence-electron chi connectivity index (χ1n) is 9.29. The third-order valence-corrected chi connectivity index (χ3v) is 6.21. The zero-order chi connectivity index (χ0) is 23.8. The molecule has 33 heavy (non-hydrogen) atoms. The van der Waals surface area contributed by atoms with Crippen LogP contribution in [0, 0.1) is 5.82 Å². The number of nitrogens with zero attached hydrogens (tertiary/aromatic N) is 1. The second-order valence-corrected chi connectivity index (χ2v) is 8.96. The number of rotatable bonds is 4. The molecule has 172 valence electrons. The summed E-state index contributed by atoms with van der Waals surface area (Å²) < 4.78 is 85.8. The second-order valence-electron chi connectivity index (χ2n) is 6.90. The number of nitrogens with one attached hydrogen (secondary N) is 2. The lowest BCUT2D eigenvalue weighted by atomic mass is 10.1. The van der Waals surface area contributed by atoms with E-state index in [1.807, 2.05) is 0 Å². The third kappa shape index (κ3) is 5.04. The van der Waals surface area contributed by atoms with Gasteiger partial charge in [-0.3, -0.25) is 0 Å². The number of para-hydroxylation sites is 2. The van der Waals surface area contributed by atoms with Gasteiger partial charge in [0.25, 0.3) is 10.0 Å². The van der Waals surface area contributed by atoms with Crippen molar-refractivity contribution in [3.05, 3.63) is 82.6 Å². The standard InChI is InChI=1S/C21H14ClF4N3O3S/c22-15-4-1-2-5-16(15)32-17-6-3-7-18-19(17)28-20(29-33(18,30)31)27-11-12-8-13(21(24,25)26)10-14(23)9-12/h1-10H,11H2,(H2,27,28,29). The highest BCUT2D eigenvalue weighted by Crippen LogP contribution is 2.38. The predicted molar refractivity (Wildman–Crippen MR) is 114 cm³/mol. The van der Waals surface area contributed by atoms with E-state index < -0.39 is 34.1 Å². The molecule has 3 aromatic rings. The van der Waals surface area contributed by atoms with Crippen molar-refractivity contribution in [3.8, 4) is 11.5 Å². The number of aliphatic imine (C=N–C) groups is 1. The van der Waals surface area contributed by atoms with Crippen molar-refractivity contribution in [3.63, 3.8) is 0 Å². The van der Waals surface area contributed by atoms with Crippen LogP contribution in [0.3, 0.4) is 0 Å². The summed E-state index contributed by atoms with van der Waals surface area (Å²) in [5, 5.41) is 3.06. The first-order valence-corrected chi connectivity index (χ1v) is 11.2. The highest BCUT2D eigenvalue weighted by Gasteiger charge is 2.32. The Kier molecular flexibility index (Phi) is 5.93. The number of halogens is 5. The summed E-state index contributed by atoms with van der Waals surface area (Å²) in [7, 11) is -4.07. The first-order chi connectivity index (χ1) is 15.5. The molecule has 0 atom stereocenters. The molecule has 0 saturated carbocycles. The predicted octanol–water partition coefficient (Wildman–Crippen LogP) is 5.55. The zero-order valence-corrected chi connectivity index (χ0v) is 18.0. The Balaban J connectivity index is 1.66. The van der Waals surface area contributed by atoms with Crippen molar-refractivity contribution in [2.45, 2.75) is 17.6 Å². The Morgan fingerprint density at radius 2 is 1.73 bits per heavy atom. The Morgan fingerprint density at radius 3 is 2.45 bits per heavy atom. The van der Waals surface area contributed by atoms with Crippen LogP contribution in [0.25, 0.3) is 0 Å². The van der Waals surface area contributed by atoms with Crippen LogP contribution in [0.15, 0.2) is 70.6 Å². The Morgan fingerprint density at radius 1 is 1.00 bits per heavy atom. The van der Waals surface area contributed by atoms with Gasteiger partial charge in [-0.25, -0.2) is 22.5 Å². The van der Waals surface area contributed by atoms with Crippen LogP contribution >= 0.6 is 11.6 Å². The minimum absolute atomic E-state index is 0.0603. The summed E-state index contributed by atoms with van der Waals surface area (Å²) in [6, 6.07) is 12.9. The lowest BCUT2D eigenvalue weighted by Gasteiger charge is -2.23. The molecule has 6 nitrogen and oxygen atoms in total. The van der Waals surface area contributed by atoms with Gasteiger partial charge in [-0.05, 0) is 48.0 Å². The minimum Gasteiger partial charge on any atom is -0.454 e. The highest BCUT2D eigenvalue weighted by molar-refractivity contribution is 7.90. The fourth-order valence-corrected chi connectivity index (χ4v) is 4.40. The monoisotopic (exact) mass is 499 g/mol. The van der Waals surface area contributed by atoms with E-state index in [2.05, 4.69) is 15.0 Å². The molecule has 4 rings (SSSR count). The molecular formula is C21H14ClF4N3O3S. The molecule has 12 heteroatoms. The van der Waals surface area contributed by atoms with Crippen LogP contribution in [0.5, 0.6) is 11.5 Å². The lowest BCUT2D eigenvalue weighted by molar-refractivity contribution is -0.137. The summed E-state index contributed by atoms with van der Waals surface area (Å²) in [6.07, 6.45) is -4.74. The Hall–Kier alpha value is -3.31. The Bertz CT molecular complexity index is 1360. The number of anilines is 1. The SMILES string of the molecule is O=S1(=O)NC(=NCc2cc(F)cc(C(F)(F)F)c2)Nc2c(Oc3ccccc3Cl)cccc21. The van der Waals surface area contributed by atoms with Crippen LogP contribution in [-0.4, -0.2) is 14.4 Å². The normalized spacial score (nSPS) is 16.0. The maximum absolute atomic E-state index is 13.6. The summed E-state index contributed by atoms with van der Waals surface area (Å²) >= 11 is 6.11. The average molecular weight is 500 g/mol. The van der Waals surface area contributed by atoms with Gasteiger partial charge in [0.15, 0.2) is 5.75 Å². The van der Waals surface area contributed by atoms with Gasteiger partial charge in [0.1, 0.15) is 22.1 Å². The molecule has 0 aromatic heterocycles. The van der Waals surface area contributed by atoms with Gasteiger partial charge in [-0.2, -0.15) is 13.2 Å². The molecule has 2 N–H and O–H groups in total. The van der Waals surface area contributed by atoms with E-state index in [1.54, 1.807) is 24.3 Å². The van der Waals surface area contributed by atoms with Gasteiger partial charge in [0, 0.05) is 0 Å². The summed E-state index contributed by atoms with van der Waals surface area (Å²) in [5.41, 5.74) is -1.21. The maximum atomic E-state index is 13.6. The molecular weight excluding hydrogens is 486 g/mol. The molecule has 0 radical (unpaired) electrons. The molecule has 0 aliphatic carbocycles. The van der Waals surface area contributed by atoms with Gasteiger partial charge in [-0.1, -0.05) is 29.8 Å². The van der Waals surface area contributed by atoms with Crippen molar-refractivity contribution >= 4 is 33.3 Å². The summed E-state index contributed by atoms with van der Waals surface area (Å²) in [4.78, 5) is 3.85. The van der Waals surface area contributed by atoms with Gasteiger partial charge in [0.2, 0.25) is 5.96 Å². The molecule has 0 unspecified atom stereocenters. The van der Waals surface area contributed by atoms with Gasteiger partial charge >= 0.3 is 6.18 Å². The van der Waals surface area contributed by atoms with Crippen molar-refractivity contribution in [2.24, 2.45) is 4.99 Å². The van der Waals surface area contributed by atoms with E-state index in [4.69, 9.17) is 16.3 Å². The molecule has 1 aliphatic heterocycles. The molecule has 0 saturated heterocycles. The smallest absolute Gasteiger partial charge is 0.416 e. The maximum Gasteiger partial charge on any atom is 0.416 e. The molecule has 0 amide bonds. The van der Waals surface area contributed by atoms with Crippen molar-refractivity contribution < 1.29 is 30.7 Å². The molecule has 0 fully saturated rings. The number of benzene rings is 3. The van der Waals surface area contributed by atoms with Crippen molar-refractivity contribution in [1.29, 1.82) is 0 Å². The van der Waals surface area contributed by atoms with Gasteiger partial charge in [-0.15, -0.1) is 0 Å². The van der Waals surface area contributed by atoms with Crippen LogP contribution in [0.2, 0.25) is 5.02 Å². The number of sulfonamides is 1. The van der Waals surface area contributed by atoms with E-state index in [0.29, 0.717) is 11.1 Å². The first kappa shape index (κ1) is 22.9. The summed E-state index contributed by atoms with van der Waals surface area (Å²) in [6.45, 7) is -0.422. The molecule has 0 spiro atoms. The fourth-order valence-electron chi connectivity index (χ4n) is 3.06. The minimum atomic E-state index is -4.74. The quantitative estimate of drug-likeness (QED) is 0.461. The molecule has 1 heterocycles. The molecule has 3 aromatic carbocycles. The zero-order valence-electron chi connectivity index (χ0n) is 16.5. The topological polar surface area (TPSA) is 79.8 Å². The van der Waals surface area contributed by atoms with Gasteiger partial charge in [0.05, 0.1) is 17.1 Å². The van der Waals surface area contributed by atoms with E-state index in [1.165, 1.54) is 18.2 Å². The molecule has 0 bridgehead atoms. The highest BCUT2D eigenvalue weighted by atomic mass is 35.5. The van der Waals surface area contributed by atoms with Crippen LogP contribution in [0.1, 0.15) is 11.1 Å². The average Bonchev–Trinajstić information content (AvgIpc) is 2.73. The van der Waals surface area contributed by atoms with Crippen molar-refractivity contribution in [2.75, 3.05) is 5.32 Å². The number of guanidine groups is 1. The van der Waals surface area contributed by atoms with E-state index in [0.717, 1.165) is 12.1 Å². The van der Waals surface area contributed by atoms with Crippen molar-refractivity contribution in [1.82, 2.24) is 4.72 Å².